The molecule has 1 nitrogen and oxygen atoms in total. The van der Waals surface area contributed by atoms with Crippen LogP contribution in [0.1, 0.15) is 36.1 Å². The van der Waals surface area contributed by atoms with Crippen molar-refractivity contribution in [1.29, 1.82) is 0 Å². The van der Waals surface area contributed by atoms with Gasteiger partial charge in [0, 0.05) is 23.2 Å². The van der Waals surface area contributed by atoms with E-state index < -0.39 is 6.43 Å². The number of alkyl halides is 2. The van der Waals surface area contributed by atoms with Gasteiger partial charge in [0.05, 0.1) is 0 Å². The molecule has 1 N–H and O–H groups in total. The van der Waals surface area contributed by atoms with E-state index in [1.54, 1.807) is 6.07 Å². The topological polar surface area (TPSA) is 12.0 Å². The van der Waals surface area contributed by atoms with Gasteiger partial charge >= 0.3 is 0 Å². The molecule has 1 atom stereocenters. The van der Waals surface area contributed by atoms with Crippen LogP contribution in [0.2, 0.25) is 5.02 Å². The average molecular weight is 296 g/mol. The van der Waals surface area contributed by atoms with Gasteiger partial charge in [0.2, 0.25) is 0 Å². The van der Waals surface area contributed by atoms with E-state index in [0.29, 0.717) is 11.6 Å². The fraction of sp³-hybridized carbons (Fsp3) is 0.250. The van der Waals surface area contributed by atoms with E-state index >= 15 is 0 Å². The summed E-state index contributed by atoms with van der Waals surface area (Å²) in [6, 6.07) is 14.1. The highest BCUT2D eigenvalue weighted by Crippen LogP contribution is 2.23. The number of rotatable bonds is 5. The lowest BCUT2D eigenvalue weighted by atomic mass is 10.1. The van der Waals surface area contributed by atoms with E-state index in [1.807, 2.05) is 37.3 Å². The molecular formula is C16H16ClF2N. The van der Waals surface area contributed by atoms with Crippen molar-refractivity contribution in [2.75, 3.05) is 0 Å². The van der Waals surface area contributed by atoms with Crippen LogP contribution in [0.4, 0.5) is 8.78 Å². The van der Waals surface area contributed by atoms with Crippen molar-refractivity contribution >= 4 is 11.6 Å². The highest BCUT2D eigenvalue weighted by Gasteiger charge is 2.10. The zero-order valence-corrected chi connectivity index (χ0v) is 11.9. The molecule has 0 aliphatic rings. The van der Waals surface area contributed by atoms with E-state index in [9.17, 15) is 8.78 Å². The number of nitrogens with one attached hydrogen (secondary N) is 1. The third-order valence-electron chi connectivity index (χ3n) is 3.19. The van der Waals surface area contributed by atoms with Crippen molar-refractivity contribution in [1.82, 2.24) is 5.32 Å². The van der Waals surface area contributed by atoms with Crippen LogP contribution in [0.5, 0.6) is 0 Å². The summed E-state index contributed by atoms with van der Waals surface area (Å²) in [5.74, 6) is 0. The summed E-state index contributed by atoms with van der Waals surface area (Å²) in [7, 11) is 0. The second kappa shape index (κ2) is 6.82. The van der Waals surface area contributed by atoms with Crippen LogP contribution in [0.25, 0.3) is 0 Å². The molecule has 0 aliphatic heterocycles. The Bertz CT molecular complexity index is 572. The predicted molar refractivity (Wildman–Crippen MR) is 78.1 cm³/mol. The van der Waals surface area contributed by atoms with Gasteiger partial charge in [-0.05, 0) is 30.2 Å². The quantitative estimate of drug-likeness (QED) is 0.806. The third kappa shape index (κ3) is 3.78. The molecule has 0 amide bonds. The van der Waals surface area contributed by atoms with Gasteiger partial charge in [-0.3, -0.25) is 0 Å². The summed E-state index contributed by atoms with van der Waals surface area (Å²) in [5.41, 5.74) is 1.88. The number of halogens is 3. The minimum atomic E-state index is -2.43. The predicted octanol–water partition coefficient (Wildman–Crippen LogP) is 5.13. The maximum atomic E-state index is 12.6. The Kier molecular flexibility index (Phi) is 5.10. The monoisotopic (exact) mass is 295 g/mol. The van der Waals surface area contributed by atoms with Crippen LogP contribution < -0.4 is 5.32 Å². The summed E-state index contributed by atoms with van der Waals surface area (Å²) in [6.45, 7) is 2.52. The second-order valence-corrected chi connectivity index (χ2v) is 5.08. The third-order valence-corrected chi connectivity index (χ3v) is 3.53. The summed E-state index contributed by atoms with van der Waals surface area (Å²) < 4.78 is 25.3. The molecule has 0 saturated heterocycles. The molecule has 0 spiro atoms. The van der Waals surface area contributed by atoms with E-state index in [1.165, 1.54) is 12.1 Å². The number of hydrogen-bond donors (Lipinski definition) is 1. The Morgan fingerprint density at radius 3 is 2.55 bits per heavy atom. The zero-order chi connectivity index (χ0) is 14.5. The van der Waals surface area contributed by atoms with Gasteiger partial charge in [-0.2, -0.15) is 0 Å². The first kappa shape index (κ1) is 14.9. The molecule has 0 bridgehead atoms. The minimum Gasteiger partial charge on any atom is -0.306 e. The van der Waals surface area contributed by atoms with Crippen molar-refractivity contribution in [2.45, 2.75) is 25.9 Å². The molecule has 0 saturated carbocycles. The van der Waals surface area contributed by atoms with Crippen molar-refractivity contribution in [3.63, 3.8) is 0 Å². The lowest BCUT2D eigenvalue weighted by Gasteiger charge is -2.16. The van der Waals surface area contributed by atoms with Gasteiger partial charge in [0.25, 0.3) is 6.43 Å². The minimum absolute atomic E-state index is 0.0506. The Hall–Kier alpha value is -1.45. The summed E-state index contributed by atoms with van der Waals surface area (Å²) in [4.78, 5) is 0. The molecule has 2 aromatic rings. The summed E-state index contributed by atoms with van der Waals surface area (Å²) >= 11 is 6.13. The number of benzene rings is 2. The van der Waals surface area contributed by atoms with E-state index in [2.05, 4.69) is 5.32 Å². The smallest absolute Gasteiger partial charge is 0.263 e. The molecule has 0 radical (unpaired) electrons. The molecule has 2 aromatic carbocycles. The van der Waals surface area contributed by atoms with Crippen molar-refractivity contribution in [3.05, 3.63) is 70.2 Å². The molecule has 4 heteroatoms. The molecular weight excluding hydrogens is 280 g/mol. The van der Waals surface area contributed by atoms with Crippen LogP contribution in [0, 0.1) is 0 Å². The van der Waals surface area contributed by atoms with Crippen LogP contribution in [0.3, 0.4) is 0 Å². The van der Waals surface area contributed by atoms with Crippen LogP contribution in [-0.2, 0) is 6.54 Å². The van der Waals surface area contributed by atoms with Gasteiger partial charge in [0.1, 0.15) is 0 Å². The Morgan fingerprint density at radius 2 is 1.85 bits per heavy atom. The highest BCUT2D eigenvalue weighted by molar-refractivity contribution is 6.31. The maximum absolute atomic E-state index is 12.6. The lowest BCUT2D eigenvalue weighted by Crippen LogP contribution is -2.18. The highest BCUT2D eigenvalue weighted by atomic mass is 35.5. The van der Waals surface area contributed by atoms with Crippen molar-refractivity contribution < 1.29 is 8.78 Å². The fourth-order valence-electron chi connectivity index (χ4n) is 2.05. The van der Waals surface area contributed by atoms with Crippen molar-refractivity contribution in [2.24, 2.45) is 0 Å². The number of hydrogen-bond acceptors (Lipinski definition) is 1. The molecule has 106 valence electrons. The first-order valence-electron chi connectivity index (χ1n) is 6.42. The Morgan fingerprint density at radius 1 is 1.10 bits per heavy atom. The summed E-state index contributed by atoms with van der Waals surface area (Å²) in [6.07, 6.45) is -2.43. The van der Waals surface area contributed by atoms with E-state index in [-0.39, 0.29) is 11.6 Å². The molecule has 0 unspecified atom stereocenters. The standard InChI is InChI=1S/C16H16ClF2N/c1-11(14-7-2-3-8-15(14)17)20-10-12-5-4-6-13(9-12)16(18)19/h2-9,11,16,20H,10H2,1H3/t11-/m1/s1. The van der Waals surface area contributed by atoms with Crippen molar-refractivity contribution in [3.8, 4) is 0 Å². The lowest BCUT2D eigenvalue weighted by molar-refractivity contribution is 0.151. The molecule has 0 fully saturated rings. The van der Waals surface area contributed by atoms with Gasteiger partial charge in [-0.25, -0.2) is 8.78 Å². The van der Waals surface area contributed by atoms with E-state index in [0.717, 1.165) is 11.1 Å². The van der Waals surface area contributed by atoms with Gasteiger partial charge in [0.15, 0.2) is 0 Å². The van der Waals surface area contributed by atoms with Crippen LogP contribution in [0.15, 0.2) is 48.5 Å². The molecule has 0 heterocycles. The first-order chi connectivity index (χ1) is 9.58. The summed E-state index contributed by atoms with van der Waals surface area (Å²) in [5, 5.41) is 4.00. The fourth-order valence-corrected chi connectivity index (χ4v) is 2.35. The normalized spacial score (nSPS) is 12.7. The Balaban J connectivity index is 2.02. The molecule has 0 aliphatic carbocycles. The van der Waals surface area contributed by atoms with Crippen LogP contribution in [-0.4, -0.2) is 0 Å². The maximum Gasteiger partial charge on any atom is 0.263 e. The van der Waals surface area contributed by atoms with Crippen LogP contribution >= 0.6 is 11.6 Å². The SMILES string of the molecule is C[C@@H](NCc1cccc(C(F)F)c1)c1ccccc1Cl. The molecule has 0 aromatic heterocycles. The second-order valence-electron chi connectivity index (χ2n) is 4.67. The average Bonchev–Trinajstić information content (AvgIpc) is 2.45. The van der Waals surface area contributed by atoms with Gasteiger partial charge in [-0.1, -0.05) is 48.0 Å². The van der Waals surface area contributed by atoms with E-state index in [4.69, 9.17) is 11.6 Å². The largest absolute Gasteiger partial charge is 0.306 e. The zero-order valence-electron chi connectivity index (χ0n) is 11.1. The first-order valence-corrected chi connectivity index (χ1v) is 6.80. The molecule has 2 rings (SSSR count). The van der Waals surface area contributed by atoms with Gasteiger partial charge in [-0.15, -0.1) is 0 Å². The Labute approximate surface area is 122 Å². The molecule has 20 heavy (non-hydrogen) atoms. The van der Waals surface area contributed by atoms with Gasteiger partial charge < -0.3 is 5.32 Å².